The summed E-state index contributed by atoms with van der Waals surface area (Å²) in [6.07, 6.45) is 2.32. The standard InChI is InChI=1S/C18H27N7/c1-14-22-23-17(24(14)3)12-20-18(19-2)21-15-8-7-11-25(13-15)16-9-5-4-6-10-16/h4-6,9-10,15H,7-8,11-13H2,1-3H3,(H2,19,20,21). The van der Waals surface area contributed by atoms with Gasteiger partial charge in [0.25, 0.3) is 0 Å². The Labute approximate surface area is 149 Å². The zero-order chi connectivity index (χ0) is 17.6. The quantitative estimate of drug-likeness (QED) is 0.651. The summed E-state index contributed by atoms with van der Waals surface area (Å²) in [5, 5.41) is 15.1. The van der Waals surface area contributed by atoms with Gasteiger partial charge in [-0.15, -0.1) is 10.2 Å². The highest BCUT2D eigenvalue weighted by Crippen LogP contribution is 2.19. The zero-order valence-corrected chi connectivity index (χ0v) is 15.2. The minimum atomic E-state index is 0.376. The fourth-order valence-corrected chi connectivity index (χ4v) is 3.12. The van der Waals surface area contributed by atoms with E-state index in [1.165, 1.54) is 12.1 Å². The van der Waals surface area contributed by atoms with Gasteiger partial charge in [-0.05, 0) is 31.9 Å². The van der Waals surface area contributed by atoms with Crippen LogP contribution < -0.4 is 15.5 Å². The predicted octanol–water partition coefficient (Wildman–Crippen LogP) is 1.46. The van der Waals surface area contributed by atoms with Gasteiger partial charge in [0.1, 0.15) is 5.82 Å². The molecule has 7 nitrogen and oxygen atoms in total. The smallest absolute Gasteiger partial charge is 0.191 e. The topological polar surface area (TPSA) is 70.4 Å². The Hall–Kier alpha value is -2.57. The third kappa shape index (κ3) is 4.29. The Morgan fingerprint density at radius 1 is 1.28 bits per heavy atom. The first-order valence-electron chi connectivity index (χ1n) is 8.79. The largest absolute Gasteiger partial charge is 0.369 e. The summed E-state index contributed by atoms with van der Waals surface area (Å²) in [6, 6.07) is 11.0. The third-order valence-corrected chi connectivity index (χ3v) is 4.70. The average Bonchev–Trinajstić information content (AvgIpc) is 2.98. The van der Waals surface area contributed by atoms with Gasteiger partial charge in [0.05, 0.1) is 6.54 Å². The van der Waals surface area contributed by atoms with Crippen LogP contribution in [0.15, 0.2) is 35.3 Å². The van der Waals surface area contributed by atoms with Crippen molar-refractivity contribution in [3.63, 3.8) is 0 Å². The Morgan fingerprint density at radius 3 is 2.76 bits per heavy atom. The molecule has 0 saturated carbocycles. The Balaban J connectivity index is 1.55. The molecule has 0 spiro atoms. The first-order valence-corrected chi connectivity index (χ1v) is 8.79. The summed E-state index contributed by atoms with van der Waals surface area (Å²) >= 11 is 0. The van der Waals surface area contributed by atoms with Crippen molar-refractivity contribution >= 4 is 11.6 Å². The average molecular weight is 341 g/mol. The minimum absolute atomic E-state index is 0.376. The first kappa shape index (κ1) is 17.3. The van der Waals surface area contributed by atoms with Crippen LogP contribution in [0.5, 0.6) is 0 Å². The maximum absolute atomic E-state index is 4.35. The summed E-state index contributed by atoms with van der Waals surface area (Å²) < 4.78 is 1.98. The van der Waals surface area contributed by atoms with Gasteiger partial charge >= 0.3 is 0 Å². The lowest BCUT2D eigenvalue weighted by atomic mass is 10.1. The Morgan fingerprint density at radius 2 is 2.08 bits per heavy atom. The van der Waals surface area contributed by atoms with Crippen molar-refractivity contribution in [1.82, 2.24) is 25.4 Å². The third-order valence-electron chi connectivity index (χ3n) is 4.70. The van der Waals surface area contributed by atoms with Crippen LogP contribution in [-0.2, 0) is 13.6 Å². The number of aliphatic imine (C=N–C) groups is 1. The van der Waals surface area contributed by atoms with Crippen LogP contribution in [0.3, 0.4) is 0 Å². The van der Waals surface area contributed by atoms with Crippen LogP contribution in [-0.4, -0.2) is 46.9 Å². The van der Waals surface area contributed by atoms with Gasteiger partial charge in [-0.3, -0.25) is 4.99 Å². The number of hydrogen-bond acceptors (Lipinski definition) is 4. The lowest BCUT2D eigenvalue weighted by Crippen LogP contribution is -2.51. The monoisotopic (exact) mass is 341 g/mol. The molecule has 3 rings (SSSR count). The number of nitrogens with one attached hydrogen (secondary N) is 2. The maximum Gasteiger partial charge on any atom is 0.191 e. The molecule has 2 aromatic rings. The van der Waals surface area contributed by atoms with Gasteiger partial charge in [0.15, 0.2) is 11.8 Å². The van der Waals surface area contributed by atoms with Gasteiger partial charge in [-0.1, -0.05) is 18.2 Å². The first-order chi connectivity index (χ1) is 12.2. The summed E-state index contributed by atoms with van der Waals surface area (Å²) in [7, 11) is 3.77. The molecule has 1 atom stereocenters. The van der Waals surface area contributed by atoms with E-state index in [4.69, 9.17) is 0 Å². The number of benzene rings is 1. The van der Waals surface area contributed by atoms with Crippen molar-refractivity contribution in [2.75, 3.05) is 25.0 Å². The molecule has 7 heteroatoms. The number of hydrogen-bond donors (Lipinski definition) is 2. The lowest BCUT2D eigenvalue weighted by molar-refractivity contribution is 0.467. The van der Waals surface area contributed by atoms with E-state index in [0.29, 0.717) is 12.6 Å². The maximum atomic E-state index is 4.35. The second-order valence-electron chi connectivity index (χ2n) is 6.41. The molecule has 1 aromatic carbocycles. The van der Waals surface area contributed by atoms with Crippen molar-refractivity contribution < 1.29 is 0 Å². The summed E-state index contributed by atoms with van der Waals surface area (Å²) in [5.74, 6) is 2.61. The van der Waals surface area contributed by atoms with E-state index in [-0.39, 0.29) is 0 Å². The molecule has 0 bridgehead atoms. The number of rotatable bonds is 4. The van der Waals surface area contributed by atoms with E-state index >= 15 is 0 Å². The molecule has 1 aliphatic rings. The van der Waals surface area contributed by atoms with Gasteiger partial charge in [0.2, 0.25) is 0 Å². The van der Waals surface area contributed by atoms with Crippen LogP contribution in [0.25, 0.3) is 0 Å². The van der Waals surface area contributed by atoms with E-state index in [1.807, 2.05) is 18.5 Å². The normalized spacial score (nSPS) is 18.3. The lowest BCUT2D eigenvalue weighted by Gasteiger charge is -2.35. The number of para-hydroxylation sites is 1. The molecule has 1 aliphatic heterocycles. The zero-order valence-electron chi connectivity index (χ0n) is 15.2. The number of guanidine groups is 1. The van der Waals surface area contributed by atoms with Crippen molar-refractivity contribution in [3.8, 4) is 0 Å². The van der Waals surface area contributed by atoms with Gasteiger partial charge in [0, 0.05) is 38.9 Å². The fourth-order valence-electron chi connectivity index (χ4n) is 3.12. The highest BCUT2D eigenvalue weighted by atomic mass is 15.3. The van der Waals surface area contributed by atoms with E-state index < -0.39 is 0 Å². The SMILES string of the molecule is CN=C(NCc1nnc(C)n1C)NC1CCCN(c2ccccc2)C1. The van der Waals surface area contributed by atoms with Crippen molar-refractivity contribution in [2.45, 2.75) is 32.4 Å². The van der Waals surface area contributed by atoms with Crippen molar-refractivity contribution in [1.29, 1.82) is 0 Å². The molecule has 1 aromatic heterocycles. The van der Waals surface area contributed by atoms with Crippen molar-refractivity contribution in [2.24, 2.45) is 12.0 Å². The van der Waals surface area contributed by atoms with Crippen molar-refractivity contribution in [3.05, 3.63) is 42.0 Å². The van der Waals surface area contributed by atoms with E-state index in [1.54, 1.807) is 7.05 Å². The minimum Gasteiger partial charge on any atom is -0.369 e. The van der Waals surface area contributed by atoms with Gasteiger partial charge < -0.3 is 20.1 Å². The molecule has 1 unspecified atom stereocenters. The van der Waals surface area contributed by atoms with Crippen LogP contribution in [0.2, 0.25) is 0 Å². The summed E-state index contributed by atoms with van der Waals surface area (Å²) in [6.45, 7) is 4.64. The fraction of sp³-hybridized carbons (Fsp3) is 0.500. The number of aromatic nitrogens is 3. The molecule has 2 heterocycles. The second-order valence-corrected chi connectivity index (χ2v) is 6.41. The molecule has 134 valence electrons. The van der Waals surface area contributed by atoms with Crippen LogP contribution in [0, 0.1) is 6.92 Å². The predicted molar refractivity (Wildman–Crippen MR) is 101 cm³/mol. The van der Waals surface area contributed by atoms with Gasteiger partial charge in [-0.25, -0.2) is 0 Å². The molecule has 0 radical (unpaired) electrons. The van der Waals surface area contributed by atoms with E-state index in [2.05, 4.69) is 61.1 Å². The van der Waals surface area contributed by atoms with Crippen LogP contribution >= 0.6 is 0 Å². The highest BCUT2D eigenvalue weighted by molar-refractivity contribution is 5.80. The second kappa shape index (κ2) is 8.00. The Bertz CT molecular complexity index is 707. The molecular weight excluding hydrogens is 314 g/mol. The summed E-state index contributed by atoms with van der Waals surface area (Å²) in [4.78, 5) is 6.78. The van der Waals surface area contributed by atoms with Crippen LogP contribution in [0.4, 0.5) is 5.69 Å². The number of piperidine rings is 1. The summed E-state index contributed by atoms with van der Waals surface area (Å²) in [5.41, 5.74) is 1.28. The Kier molecular flexibility index (Phi) is 5.53. The molecule has 0 aliphatic carbocycles. The molecule has 25 heavy (non-hydrogen) atoms. The van der Waals surface area contributed by atoms with E-state index in [0.717, 1.165) is 37.1 Å². The molecule has 1 fully saturated rings. The molecule has 1 saturated heterocycles. The van der Waals surface area contributed by atoms with E-state index in [9.17, 15) is 0 Å². The van der Waals surface area contributed by atoms with Gasteiger partial charge in [-0.2, -0.15) is 0 Å². The highest BCUT2D eigenvalue weighted by Gasteiger charge is 2.21. The number of aryl methyl sites for hydroxylation is 1. The van der Waals surface area contributed by atoms with Crippen LogP contribution in [0.1, 0.15) is 24.5 Å². The molecule has 0 amide bonds. The number of anilines is 1. The number of nitrogens with zero attached hydrogens (tertiary/aromatic N) is 5. The molecular formula is C18H27N7. The molecule has 2 N–H and O–H groups in total.